The Kier molecular flexibility index (Phi) is 8.08. The summed E-state index contributed by atoms with van der Waals surface area (Å²) in [6.45, 7) is 6.53. The summed E-state index contributed by atoms with van der Waals surface area (Å²) in [7, 11) is 0. The second-order valence-corrected chi connectivity index (χ2v) is 8.99. The molecule has 130 valence electrons. The maximum atomic E-state index is 12.1. The van der Waals surface area contributed by atoms with Crippen molar-refractivity contribution in [3.8, 4) is 0 Å². The summed E-state index contributed by atoms with van der Waals surface area (Å²) < 4.78 is 1.82. The third-order valence-corrected chi connectivity index (χ3v) is 6.92. The molecule has 0 spiro atoms. The normalized spacial score (nSPS) is 12.1. The highest BCUT2D eigenvalue weighted by Gasteiger charge is 2.09. The molecule has 0 aliphatic heterocycles. The lowest BCUT2D eigenvalue weighted by atomic mass is 9.99. The van der Waals surface area contributed by atoms with Crippen molar-refractivity contribution in [3.05, 3.63) is 29.8 Å². The number of aromatic nitrogens is 2. The van der Waals surface area contributed by atoms with E-state index in [0.717, 1.165) is 33.0 Å². The third-order valence-electron chi connectivity index (χ3n) is 3.52. The summed E-state index contributed by atoms with van der Waals surface area (Å²) in [5.74, 6) is 1.92. The molecule has 2 aromatic rings. The van der Waals surface area contributed by atoms with Crippen LogP contribution in [0.2, 0.25) is 0 Å². The molecule has 24 heavy (non-hydrogen) atoms. The second-order valence-electron chi connectivity index (χ2n) is 5.45. The van der Waals surface area contributed by atoms with Crippen molar-refractivity contribution in [2.75, 3.05) is 16.8 Å². The van der Waals surface area contributed by atoms with Crippen molar-refractivity contribution in [2.24, 2.45) is 0 Å². The monoisotopic (exact) mass is 381 g/mol. The molecule has 0 radical (unpaired) electrons. The number of carbonyl (C=O) groups excluding carboxylic acids is 1. The summed E-state index contributed by atoms with van der Waals surface area (Å²) in [6, 6.07) is 8.10. The minimum Gasteiger partial charge on any atom is -0.325 e. The van der Waals surface area contributed by atoms with Gasteiger partial charge < -0.3 is 5.32 Å². The van der Waals surface area contributed by atoms with Crippen LogP contribution in [0, 0.1) is 0 Å². The number of amides is 1. The lowest BCUT2D eigenvalue weighted by Crippen LogP contribution is -2.13. The fraction of sp³-hybridized carbons (Fsp3) is 0.471. The molecule has 2 rings (SSSR count). The van der Waals surface area contributed by atoms with Crippen LogP contribution in [0.3, 0.4) is 0 Å². The summed E-state index contributed by atoms with van der Waals surface area (Å²) >= 11 is 4.70. The van der Waals surface area contributed by atoms with Crippen LogP contribution in [0.15, 0.2) is 32.9 Å². The van der Waals surface area contributed by atoms with Gasteiger partial charge in [-0.15, -0.1) is 10.2 Å². The molecule has 4 nitrogen and oxygen atoms in total. The molecule has 7 heteroatoms. The van der Waals surface area contributed by atoms with Gasteiger partial charge >= 0.3 is 0 Å². The number of anilines is 1. The van der Waals surface area contributed by atoms with Crippen LogP contribution in [0.1, 0.15) is 45.1 Å². The summed E-state index contributed by atoms with van der Waals surface area (Å²) in [5, 5.41) is 11.2. The van der Waals surface area contributed by atoms with Gasteiger partial charge in [-0.1, -0.05) is 67.8 Å². The first-order valence-electron chi connectivity index (χ1n) is 8.11. The van der Waals surface area contributed by atoms with E-state index in [1.165, 1.54) is 17.3 Å². The average Bonchev–Trinajstić information content (AvgIpc) is 3.06. The number of hydrogen-bond acceptors (Lipinski definition) is 6. The van der Waals surface area contributed by atoms with Gasteiger partial charge in [-0.3, -0.25) is 4.79 Å². The first-order chi connectivity index (χ1) is 11.6. The molecule has 1 amide bonds. The van der Waals surface area contributed by atoms with Gasteiger partial charge in [-0.2, -0.15) is 0 Å². The largest absolute Gasteiger partial charge is 0.325 e. The maximum absolute atomic E-state index is 12.1. The Morgan fingerprint density at radius 2 is 1.83 bits per heavy atom. The van der Waals surface area contributed by atoms with Gasteiger partial charge in [-0.25, -0.2) is 0 Å². The molecule has 1 heterocycles. The molecule has 1 atom stereocenters. The van der Waals surface area contributed by atoms with E-state index in [4.69, 9.17) is 0 Å². The minimum absolute atomic E-state index is 0.0192. The molecule has 1 N–H and O–H groups in total. The van der Waals surface area contributed by atoms with Crippen molar-refractivity contribution >= 4 is 46.5 Å². The van der Waals surface area contributed by atoms with Crippen molar-refractivity contribution in [1.82, 2.24) is 10.2 Å². The van der Waals surface area contributed by atoms with Crippen LogP contribution in [0.5, 0.6) is 0 Å². The highest BCUT2D eigenvalue weighted by atomic mass is 32.2. The predicted molar refractivity (Wildman–Crippen MR) is 105 cm³/mol. The lowest BCUT2D eigenvalue weighted by Gasteiger charge is -2.10. The Hall–Kier alpha value is -1.05. The molecule has 1 aromatic carbocycles. The maximum Gasteiger partial charge on any atom is 0.234 e. The highest BCUT2D eigenvalue weighted by molar-refractivity contribution is 8.03. The molecular weight excluding hydrogens is 358 g/mol. The first-order valence-corrected chi connectivity index (χ1v) is 10.9. The lowest BCUT2D eigenvalue weighted by molar-refractivity contribution is -0.113. The van der Waals surface area contributed by atoms with Crippen LogP contribution < -0.4 is 5.32 Å². The van der Waals surface area contributed by atoms with E-state index in [-0.39, 0.29) is 5.91 Å². The van der Waals surface area contributed by atoms with Crippen LogP contribution in [-0.2, 0) is 4.79 Å². The molecule has 0 fully saturated rings. The van der Waals surface area contributed by atoms with Crippen molar-refractivity contribution in [3.63, 3.8) is 0 Å². The molecule has 0 aliphatic rings. The summed E-state index contributed by atoms with van der Waals surface area (Å²) in [6.07, 6.45) is 2.23. The van der Waals surface area contributed by atoms with Crippen LogP contribution in [0.4, 0.5) is 5.69 Å². The van der Waals surface area contributed by atoms with E-state index in [2.05, 4.69) is 48.4 Å². The minimum atomic E-state index is -0.0192. The van der Waals surface area contributed by atoms with Crippen molar-refractivity contribution < 1.29 is 4.79 Å². The van der Waals surface area contributed by atoms with Gasteiger partial charge in [0.15, 0.2) is 8.68 Å². The SMILES string of the molecule is CCCSc1nnc(SCC(=O)Nc2ccc([C@H](C)CC)cc2)s1. The fourth-order valence-electron chi connectivity index (χ4n) is 1.96. The molecule has 0 saturated heterocycles. The van der Waals surface area contributed by atoms with Gasteiger partial charge in [0.25, 0.3) is 0 Å². The standard InChI is InChI=1S/C17H23N3OS3/c1-4-10-22-16-19-20-17(24-16)23-11-15(21)18-14-8-6-13(7-9-14)12(3)5-2/h6-9,12H,4-5,10-11H2,1-3H3,(H,18,21)/t12-/m1/s1. The Morgan fingerprint density at radius 3 is 2.46 bits per heavy atom. The fourth-order valence-corrected chi connectivity index (χ4v) is 4.70. The number of rotatable bonds is 9. The third kappa shape index (κ3) is 6.11. The Balaban J connectivity index is 1.79. The molecule has 0 aliphatic carbocycles. The quantitative estimate of drug-likeness (QED) is 0.599. The molecule has 0 unspecified atom stereocenters. The Morgan fingerprint density at radius 1 is 1.17 bits per heavy atom. The van der Waals surface area contributed by atoms with Gasteiger partial charge in [0.05, 0.1) is 5.75 Å². The Bertz CT molecular complexity index is 643. The van der Waals surface area contributed by atoms with Crippen LogP contribution in [0.25, 0.3) is 0 Å². The topological polar surface area (TPSA) is 54.9 Å². The number of carbonyl (C=O) groups is 1. The predicted octanol–water partition coefficient (Wildman–Crippen LogP) is 5.28. The van der Waals surface area contributed by atoms with E-state index in [0.29, 0.717) is 11.7 Å². The molecule has 0 saturated carbocycles. The van der Waals surface area contributed by atoms with Crippen molar-refractivity contribution in [1.29, 1.82) is 0 Å². The second kappa shape index (κ2) is 10.1. The van der Waals surface area contributed by atoms with Crippen LogP contribution in [-0.4, -0.2) is 27.6 Å². The van der Waals surface area contributed by atoms with E-state index in [9.17, 15) is 4.79 Å². The molecular formula is C17H23N3OS3. The highest BCUT2D eigenvalue weighted by Crippen LogP contribution is 2.29. The van der Waals surface area contributed by atoms with Gasteiger partial charge in [0.1, 0.15) is 0 Å². The zero-order chi connectivity index (χ0) is 17.4. The number of thioether (sulfide) groups is 2. The summed E-state index contributed by atoms with van der Waals surface area (Å²) in [5.41, 5.74) is 2.14. The van der Waals surface area contributed by atoms with Gasteiger partial charge in [-0.05, 0) is 36.5 Å². The number of nitrogens with zero attached hydrogens (tertiary/aromatic N) is 2. The van der Waals surface area contributed by atoms with E-state index >= 15 is 0 Å². The number of benzene rings is 1. The molecule has 1 aromatic heterocycles. The average molecular weight is 382 g/mol. The Labute approximate surface area is 156 Å². The molecule has 0 bridgehead atoms. The smallest absolute Gasteiger partial charge is 0.234 e. The van der Waals surface area contributed by atoms with E-state index in [1.807, 2.05) is 12.1 Å². The van der Waals surface area contributed by atoms with Crippen LogP contribution >= 0.6 is 34.9 Å². The summed E-state index contributed by atoms with van der Waals surface area (Å²) in [4.78, 5) is 12.1. The zero-order valence-electron chi connectivity index (χ0n) is 14.2. The number of hydrogen-bond donors (Lipinski definition) is 1. The number of nitrogens with one attached hydrogen (secondary N) is 1. The van der Waals surface area contributed by atoms with Gasteiger partial charge in [0.2, 0.25) is 5.91 Å². The van der Waals surface area contributed by atoms with E-state index in [1.54, 1.807) is 23.1 Å². The van der Waals surface area contributed by atoms with E-state index < -0.39 is 0 Å². The zero-order valence-corrected chi connectivity index (χ0v) is 16.7. The van der Waals surface area contributed by atoms with Gasteiger partial charge in [0, 0.05) is 11.4 Å². The first kappa shape index (κ1) is 19.3. The van der Waals surface area contributed by atoms with Crippen molar-refractivity contribution in [2.45, 2.75) is 48.2 Å².